The van der Waals surface area contributed by atoms with Gasteiger partial charge in [0.1, 0.15) is 0 Å². The van der Waals surface area contributed by atoms with Crippen molar-refractivity contribution in [1.29, 1.82) is 0 Å². The summed E-state index contributed by atoms with van der Waals surface area (Å²) in [5, 5.41) is 30.2. The molecule has 0 aromatic carbocycles. The highest BCUT2D eigenvalue weighted by molar-refractivity contribution is 5.38. The van der Waals surface area contributed by atoms with Crippen LogP contribution in [0.3, 0.4) is 0 Å². The van der Waals surface area contributed by atoms with Gasteiger partial charge >= 0.3 is 0 Å². The lowest BCUT2D eigenvalue weighted by Gasteiger charge is -2.46. The van der Waals surface area contributed by atoms with Crippen molar-refractivity contribution in [3.8, 4) is 0 Å². The molecule has 0 aromatic heterocycles. The molecule has 4 heteroatoms. The Morgan fingerprint density at radius 2 is 1.97 bits per heavy atom. The summed E-state index contributed by atoms with van der Waals surface area (Å²) in [5.74, 6) is 1.86. The molecule has 3 fully saturated rings. The second-order valence-corrected chi connectivity index (χ2v) is 11.6. The van der Waals surface area contributed by atoms with Crippen molar-refractivity contribution >= 4 is 0 Å². The number of aliphatic hydroxyl groups is 3. The van der Waals surface area contributed by atoms with Gasteiger partial charge in [0.25, 0.3) is 0 Å². The molecular weight excluding hydrogens is 400 g/mol. The van der Waals surface area contributed by atoms with Crippen molar-refractivity contribution in [3.05, 3.63) is 35.5 Å². The van der Waals surface area contributed by atoms with Crippen LogP contribution in [0.25, 0.3) is 0 Å². The molecule has 0 heterocycles. The zero-order valence-corrected chi connectivity index (χ0v) is 20.8. The molecule has 4 nitrogen and oxygen atoms in total. The van der Waals surface area contributed by atoms with Gasteiger partial charge in [0.2, 0.25) is 0 Å². The van der Waals surface area contributed by atoms with E-state index in [0.29, 0.717) is 37.2 Å². The number of hydrogen-bond acceptors (Lipinski definition) is 4. The summed E-state index contributed by atoms with van der Waals surface area (Å²) in [6.45, 7) is 14.0. The fourth-order valence-electron chi connectivity index (χ4n) is 6.70. The molecule has 3 aliphatic rings. The molecule has 0 amide bonds. The van der Waals surface area contributed by atoms with Crippen LogP contribution in [0.15, 0.2) is 35.5 Å². The minimum atomic E-state index is -0.636. The van der Waals surface area contributed by atoms with E-state index in [0.717, 1.165) is 37.0 Å². The molecular formula is C28H46O4. The van der Waals surface area contributed by atoms with Crippen molar-refractivity contribution in [2.75, 3.05) is 13.2 Å². The first-order chi connectivity index (χ1) is 15.0. The van der Waals surface area contributed by atoms with Gasteiger partial charge in [-0.3, -0.25) is 0 Å². The standard InChI is InChI=1S/C28H46O4/c1-19(2)24-11-12-25-21(9-10-22-16-23(29)17-26(30)20(22)3)8-6-14-28(24,25)18-32-15-7-13-27(4,5)31/h9-10,19,23-26,29-31H,3,6-8,11-18H2,1-2,4-5H3/b21-9+,22-10-/t23-,24-,25+,26+,28+/m1/s1. The van der Waals surface area contributed by atoms with Crippen molar-refractivity contribution < 1.29 is 20.1 Å². The van der Waals surface area contributed by atoms with Gasteiger partial charge in [-0.1, -0.05) is 38.2 Å². The highest BCUT2D eigenvalue weighted by Crippen LogP contribution is 2.59. The van der Waals surface area contributed by atoms with Gasteiger partial charge in [-0.15, -0.1) is 0 Å². The molecule has 0 aliphatic heterocycles. The summed E-state index contributed by atoms with van der Waals surface area (Å²) in [7, 11) is 0. The highest BCUT2D eigenvalue weighted by Gasteiger charge is 2.53. The molecule has 0 unspecified atom stereocenters. The van der Waals surface area contributed by atoms with Crippen LogP contribution in [0, 0.1) is 23.2 Å². The lowest BCUT2D eigenvalue weighted by molar-refractivity contribution is -0.0329. The van der Waals surface area contributed by atoms with Crippen molar-refractivity contribution in [3.63, 3.8) is 0 Å². The van der Waals surface area contributed by atoms with Gasteiger partial charge in [0.15, 0.2) is 0 Å². The van der Waals surface area contributed by atoms with Crippen LogP contribution in [0.5, 0.6) is 0 Å². The minimum Gasteiger partial charge on any atom is -0.393 e. The van der Waals surface area contributed by atoms with E-state index in [4.69, 9.17) is 4.74 Å². The van der Waals surface area contributed by atoms with E-state index in [2.05, 4.69) is 32.6 Å². The monoisotopic (exact) mass is 446 g/mol. The van der Waals surface area contributed by atoms with E-state index >= 15 is 0 Å². The maximum Gasteiger partial charge on any atom is 0.0811 e. The summed E-state index contributed by atoms with van der Waals surface area (Å²) >= 11 is 0. The van der Waals surface area contributed by atoms with Crippen molar-refractivity contribution in [1.82, 2.24) is 0 Å². The molecule has 0 saturated heterocycles. The van der Waals surface area contributed by atoms with Crippen molar-refractivity contribution in [2.45, 2.75) is 103 Å². The maximum absolute atomic E-state index is 10.2. The molecule has 0 bridgehead atoms. The van der Waals surface area contributed by atoms with Crippen LogP contribution in [0.1, 0.15) is 85.5 Å². The summed E-state index contributed by atoms with van der Waals surface area (Å²) in [5.41, 5.74) is 2.83. The third kappa shape index (κ3) is 5.94. The number of hydrogen-bond donors (Lipinski definition) is 3. The number of allylic oxidation sites excluding steroid dienone is 3. The second kappa shape index (κ2) is 10.5. The Bertz CT molecular complexity index is 713. The van der Waals surface area contributed by atoms with E-state index in [1.165, 1.54) is 31.3 Å². The summed E-state index contributed by atoms with van der Waals surface area (Å²) < 4.78 is 6.31. The molecule has 3 rings (SSSR count). The van der Waals surface area contributed by atoms with Gasteiger partial charge in [-0.2, -0.15) is 0 Å². The SMILES string of the molecule is C=C1/C(=C\C=C2/CCC[C@]3(COCCCC(C)(C)O)[C@@H](C(C)C)CC[C@@H]23)C[C@@H](O)C[C@@H]1O. The summed E-state index contributed by atoms with van der Waals surface area (Å²) in [6.07, 6.45) is 11.9. The smallest absolute Gasteiger partial charge is 0.0811 e. The minimum absolute atomic E-state index is 0.202. The first-order valence-corrected chi connectivity index (χ1v) is 12.8. The molecule has 182 valence electrons. The third-order valence-corrected chi connectivity index (χ3v) is 8.27. The van der Waals surface area contributed by atoms with Crippen LogP contribution in [0.4, 0.5) is 0 Å². The van der Waals surface area contributed by atoms with Crippen LogP contribution in [-0.2, 0) is 4.74 Å². The zero-order valence-electron chi connectivity index (χ0n) is 20.8. The zero-order chi connectivity index (χ0) is 23.5. The number of fused-ring (bicyclic) bond motifs is 1. The molecule has 5 atom stereocenters. The normalized spacial score (nSPS) is 36.3. The lowest BCUT2D eigenvalue weighted by atomic mass is 9.60. The fourth-order valence-corrected chi connectivity index (χ4v) is 6.70. The van der Waals surface area contributed by atoms with Crippen LogP contribution >= 0.6 is 0 Å². The largest absolute Gasteiger partial charge is 0.393 e. The average Bonchev–Trinajstić information content (AvgIpc) is 3.08. The molecule has 0 aromatic rings. The quantitative estimate of drug-likeness (QED) is 0.441. The van der Waals surface area contributed by atoms with Gasteiger partial charge in [0.05, 0.1) is 24.4 Å². The fraction of sp³-hybridized carbons (Fsp3) is 0.786. The Balaban J connectivity index is 1.76. The Morgan fingerprint density at radius 1 is 1.22 bits per heavy atom. The molecule has 3 aliphatic carbocycles. The summed E-state index contributed by atoms with van der Waals surface area (Å²) in [6, 6.07) is 0. The molecule has 0 radical (unpaired) electrons. The number of rotatable bonds is 8. The molecule has 3 N–H and O–H groups in total. The van der Waals surface area contributed by atoms with E-state index < -0.39 is 17.8 Å². The molecule has 32 heavy (non-hydrogen) atoms. The topological polar surface area (TPSA) is 69.9 Å². The van der Waals surface area contributed by atoms with Gasteiger partial charge in [0, 0.05) is 18.4 Å². The van der Waals surface area contributed by atoms with Crippen LogP contribution in [0.2, 0.25) is 0 Å². The third-order valence-electron chi connectivity index (χ3n) is 8.27. The van der Waals surface area contributed by atoms with E-state index in [-0.39, 0.29) is 5.41 Å². The Hall–Kier alpha value is -0.940. The second-order valence-electron chi connectivity index (χ2n) is 11.6. The first-order valence-electron chi connectivity index (χ1n) is 12.8. The Kier molecular flexibility index (Phi) is 8.46. The van der Waals surface area contributed by atoms with E-state index in [1.807, 2.05) is 13.8 Å². The Morgan fingerprint density at radius 3 is 2.66 bits per heavy atom. The molecule has 0 spiro atoms. The van der Waals surface area contributed by atoms with Gasteiger partial charge in [-0.05, 0) is 94.1 Å². The molecule has 3 saturated carbocycles. The number of aliphatic hydroxyl groups excluding tert-OH is 2. The van der Waals surface area contributed by atoms with E-state index in [9.17, 15) is 15.3 Å². The maximum atomic E-state index is 10.2. The highest BCUT2D eigenvalue weighted by atomic mass is 16.5. The van der Waals surface area contributed by atoms with Crippen LogP contribution < -0.4 is 0 Å². The van der Waals surface area contributed by atoms with E-state index in [1.54, 1.807) is 0 Å². The van der Waals surface area contributed by atoms with Crippen LogP contribution in [-0.4, -0.2) is 46.3 Å². The Labute approximate surface area is 195 Å². The summed E-state index contributed by atoms with van der Waals surface area (Å²) in [4.78, 5) is 0. The predicted molar refractivity (Wildman–Crippen MR) is 130 cm³/mol. The first kappa shape index (κ1) is 25.7. The number of ether oxygens (including phenoxy) is 1. The lowest BCUT2D eigenvalue weighted by Crippen LogP contribution is -2.42. The van der Waals surface area contributed by atoms with Crippen molar-refractivity contribution in [2.24, 2.45) is 23.2 Å². The van der Waals surface area contributed by atoms with Gasteiger partial charge < -0.3 is 20.1 Å². The van der Waals surface area contributed by atoms with Gasteiger partial charge in [-0.25, -0.2) is 0 Å². The predicted octanol–water partition coefficient (Wildman–Crippen LogP) is 5.33. The average molecular weight is 447 g/mol.